The Bertz CT molecular complexity index is 1460. The summed E-state index contributed by atoms with van der Waals surface area (Å²) in [7, 11) is 13.0. The molecule has 1 amide bonds. The number of fused-ring (bicyclic) bond motifs is 1. The molecule has 0 bridgehead atoms. The average molecular weight is 496 g/mol. The van der Waals surface area contributed by atoms with Crippen molar-refractivity contribution in [1.29, 1.82) is 0 Å². The molecule has 0 aliphatic rings. The van der Waals surface area contributed by atoms with Gasteiger partial charge in [0, 0.05) is 18.0 Å². The summed E-state index contributed by atoms with van der Waals surface area (Å²) in [6.07, 6.45) is -2.01. The SMILES string of the molecule is [B]C([B])(NC(=O)c1cc(-c2ccn3nc(N)nc3c2)cnc1OC)c1cc(OC(F)(F)F)ccc1F. The van der Waals surface area contributed by atoms with E-state index in [0.29, 0.717) is 28.9 Å². The number of carbonyl (C=O) groups is 1. The van der Waals surface area contributed by atoms with Crippen molar-refractivity contribution in [3.8, 4) is 22.8 Å². The number of ether oxygens (including phenoxy) is 2. The Morgan fingerprint density at radius 3 is 2.58 bits per heavy atom. The molecule has 0 spiro atoms. The highest BCUT2D eigenvalue weighted by atomic mass is 19.4. The van der Waals surface area contributed by atoms with Crippen molar-refractivity contribution in [2.24, 2.45) is 0 Å². The van der Waals surface area contributed by atoms with Crippen molar-refractivity contribution < 1.29 is 31.8 Å². The summed E-state index contributed by atoms with van der Waals surface area (Å²) < 4.78 is 62.5. The number of rotatable bonds is 6. The van der Waals surface area contributed by atoms with E-state index in [-0.39, 0.29) is 17.4 Å². The number of halogens is 4. The van der Waals surface area contributed by atoms with Gasteiger partial charge in [0.05, 0.1) is 22.8 Å². The second-order valence-corrected chi connectivity index (χ2v) is 7.48. The molecule has 0 fully saturated rings. The molecule has 15 heteroatoms. The van der Waals surface area contributed by atoms with Crippen LogP contribution in [0.25, 0.3) is 16.8 Å². The van der Waals surface area contributed by atoms with Crippen LogP contribution >= 0.6 is 0 Å². The molecule has 9 nitrogen and oxygen atoms in total. The normalized spacial score (nSPS) is 11.9. The second kappa shape index (κ2) is 9.06. The van der Waals surface area contributed by atoms with Crippen LogP contribution in [0.1, 0.15) is 15.9 Å². The molecule has 4 radical (unpaired) electrons. The quantitative estimate of drug-likeness (QED) is 0.311. The molecule has 0 saturated heterocycles. The molecule has 0 unspecified atom stereocenters. The van der Waals surface area contributed by atoms with Gasteiger partial charge in [-0.15, -0.1) is 18.3 Å². The molecule has 3 aromatic heterocycles. The van der Waals surface area contributed by atoms with Gasteiger partial charge >= 0.3 is 6.36 Å². The average Bonchev–Trinajstić information content (AvgIpc) is 3.17. The Morgan fingerprint density at radius 1 is 1.14 bits per heavy atom. The number of hydrogen-bond acceptors (Lipinski definition) is 7. The van der Waals surface area contributed by atoms with Gasteiger partial charge < -0.3 is 20.5 Å². The Balaban J connectivity index is 1.66. The van der Waals surface area contributed by atoms with Gasteiger partial charge in [0.25, 0.3) is 5.91 Å². The maximum absolute atomic E-state index is 14.4. The summed E-state index contributed by atoms with van der Waals surface area (Å²) in [5.74, 6) is -2.84. The van der Waals surface area contributed by atoms with Crippen molar-refractivity contribution in [3.63, 3.8) is 0 Å². The van der Waals surface area contributed by atoms with Crippen LogP contribution in [-0.4, -0.2) is 54.7 Å². The molecular formula is C21H14B2F4N6O3. The number of nitrogens with two attached hydrogens (primary N) is 1. The van der Waals surface area contributed by atoms with Crippen molar-refractivity contribution in [2.75, 3.05) is 12.8 Å². The maximum atomic E-state index is 14.4. The first-order valence-corrected chi connectivity index (χ1v) is 9.98. The lowest BCUT2D eigenvalue weighted by molar-refractivity contribution is -0.274. The number of anilines is 1. The minimum Gasteiger partial charge on any atom is -0.480 e. The molecule has 1 aromatic carbocycles. The first-order chi connectivity index (χ1) is 16.9. The largest absolute Gasteiger partial charge is 0.573 e. The van der Waals surface area contributed by atoms with Gasteiger partial charge in [-0.25, -0.2) is 13.9 Å². The van der Waals surface area contributed by atoms with E-state index in [9.17, 15) is 22.4 Å². The molecule has 3 heterocycles. The van der Waals surface area contributed by atoms with Crippen LogP contribution in [0.15, 0.2) is 48.8 Å². The Kier molecular flexibility index (Phi) is 6.24. The second-order valence-electron chi connectivity index (χ2n) is 7.48. The summed E-state index contributed by atoms with van der Waals surface area (Å²) in [4.78, 5) is 21.2. The minimum absolute atomic E-state index is 0.0687. The summed E-state index contributed by atoms with van der Waals surface area (Å²) >= 11 is 0. The Morgan fingerprint density at radius 2 is 1.89 bits per heavy atom. The lowest BCUT2D eigenvalue weighted by atomic mass is 9.58. The van der Waals surface area contributed by atoms with Crippen LogP contribution in [0.5, 0.6) is 11.6 Å². The fourth-order valence-electron chi connectivity index (χ4n) is 3.35. The third-order valence-electron chi connectivity index (χ3n) is 4.91. The predicted octanol–water partition coefficient (Wildman–Crippen LogP) is 2.30. The molecule has 0 saturated carbocycles. The van der Waals surface area contributed by atoms with Crippen LogP contribution in [0.3, 0.4) is 0 Å². The van der Waals surface area contributed by atoms with E-state index in [2.05, 4.69) is 25.1 Å². The number of nitrogens with zero attached hydrogens (tertiary/aromatic N) is 4. The molecule has 0 aliphatic heterocycles. The summed E-state index contributed by atoms with van der Waals surface area (Å²) in [5, 5.41) is 3.72. The lowest BCUT2D eigenvalue weighted by Gasteiger charge is -2.29. The van der Waals surface area contributed by atoms with Gasteiger partial charge in [0.15, 0.2) is 5.65 Å². The molecule has 0 atom stereocenters. The van der Waals surface area contributed by atoms with Crippen LogP contribution in [0, 0.1) is 5.82 Å². The highest BCUT2D eigenvalue weighted by Gasteiger charge is 2.33. The molecule has 36 heavy (non-hydrogen) atoms. The summed E-state index contributed by atoms with van der Waals surface area (Å²) in [6, 6.07) is 6.76. The van der Waals surface area contributed by atoms with E-state index in [1.165, 1.54) is 23.9 Å². The number of carbonyl (C=O) groups excluding carboxylic acids is 1. The van der Waals surface area contributed by atoms with Gasteiger partial charge in [-0.1, -0.05) is 0 Å². The number of amides is 1. The van der Waals surface area contributed by atoms with E-state index < -0.39 is 34.7 Å². The van der Waals surface area contributed by atoms with Gasteiger partial charge in [-0.2, -0.15) is 4.98 Å². The Labute approximate surface area is 203 Å². The van der Waals surface area contributed by atoms with Gasteiger partial charge in [-0.05, 0) is 52.9 Å². The molecule has 4 aromatic rings. The fraction of sp³-hybridized carbons (Fsp3) is 0.143. The number of hydrogen-bond donors (Lipinski definition) is 2. The highest BCUT2D eigenvalue weighted by Crippen LogP contribution is 2.30. The van der Waals surface area contributed by atoms with Crippen LogP contribution < -0.4 is 20.5 Å². The first-order valence-electron chi connectivity index (χ1n) is 9.98. The maximum Gasteiger partial charge on any atom is 0.573 e. The first kappa shape index (κ1) is 24.8. The van der Waals surface area contributed by atoms with Gasteiger partial charge in [-0.3, -0.25) is 4.79 Å². The lowest BCUT2D eigenvalue weighted by Crippen LogP contribution is -2.47. The van der Waals surface area contributed by atoms with Crippen LogP contribution in [-0.2, 0) is 5.34 Å². The van der Waals surface area contributed by atoms with Crippen LogP contribution in [0.4, 0.5) is 23.5 Å². The monoisotopic (exact) mass is 496 g/mol. The topological polar surface area (TPSA) is 117 Å². The number of methoxy groups -OCH3 is 1. The standard InChI is InChI=1S/C21H14B2F4N6O3/c1-35-18-13(6-11(9-29-18)10-4-5-33-16(7-10)30-19(28)32-33)17(34)31-20(22,23)14-8-12(2-3-15(14)24)36-21(25,26)27/h2-9H,1H3,(H2,28,32)(H,31,34). The number of benzene rings is 1. The number of nitrogens with one attached hydrogen (secondary N) is 1. The zero-order chi connectivity index (χ0) is 26.3. The fourth-order valence-corrected chi connectivity index (χ4v) is 3.35. The van der Waals surface area contributed by atoms with Gasteiger partial charge in [0.2, 0.25) is 11.8 Å². The number of nitrogen functional groups attached to an aromatic ring is 1. The summed E-state index contributed by atoms with van der Waals surface area (Å²) in [6.45, 7) is 0. The molecule has 180 valence electrons. The van der Waals surface area contributed by atoms with Crippen molar-refractivity contribution >= 4 is 33.2 Å². The zero-order valence-electron chi connectivity index (χ0n) is 18.4. The molecule has 0 aliphatic carbocycles. The third-order valence-corrected chi connectivity index (χ3v) is 4.91. The van der Waals surface area contributed by atoms with Crippen molar-refractivity contribution in [1.82, 2.24) is 24.9 Å². The van der Waals surface area contributed by atoms with Crippen LogP contribution in [0.2, 0.25) is 0 Å². The molecule has 3 N–H and O–H groups in total. The molecular weight excluding hydrogens is 482 g/mol. The van der Waals surface area contributed by atoms with E-state index in [1.807, 2.05) is 0 Å². The Hall–Kier alpha value is -4.29. The number of aromatic nitrogens is 4. The third kappa shape index (κ3) is 5.19. The van der Waals surface area contributed by atoms with E-state index in [4.69, 9.17) is 26.2 Å². The van der Waals surface area contributed by atoms with Crippen molar-refractivity contribution in [3.05, 3.63) is 65.7 Å². The van der Waals surface area contributed by atoms with E-state index in [1.54, 1.807) is 18.3 Å². The predicted molar refractivity (Wildman–Crippen MR) is 121 cm³/mol. The zero-order valence-corrected chi connectivity index (χ0v) is 18.4. The smallest absolute Gasteiger partial charge is 0.480 e. The van der Waals surface area contributed by atoms with E-state index in [0.717, 1.165) is 6.07 Å². The van der Waals surface area contributed by atoms with E-state index >= 15 is 0 Å². The minimum atomic E-state index is -5.04. The highest BCUT2D eigenvalue weighted by molar-refractivity contribution is 6.41. The molecule has 4 rings (SSSR count). The van der Waals surface area contributed by atoms with Gasteiger partial charge in [0.1, 0.15) is 17.1 Å². The number of pyridine rings is 2. The van der Waals surface area contributed by atoms with Crippen molar-refractivity contribution in [2.45, 2.75) is 11.7 Å². The summed E-state index contributed by atoms with van der Waals surface area (Å²) in [5.41, 5.74) is 6.29. The number of alkyl halides is 3.